The zero-order chi connectivity index (χ0) is 18.4. The van der Waals surface area contributed by atoms with Gasteiger partial charge in [0.15, 0.2) is 0 Å². The SMILES string of the molecule is CCCCOC(=O)CN1C(=O)/C(=C/c2ccc(C(=O)O)cc2)SC1=S. The van der Waals surface area contributed by atoms with Gasteiger partial charge in [0.1, 0.15) is 10.9 Å². The van der Waals surface area contributed by atoms with Crippen molar-refractivity contribution in [1.29, 1.82) is 0 Å². The van der Waals surface area contributed by atoms with E-state index in [2.05, 4.69) is 0 Å². The second kappa shape index (κ2) is 8.77. The zero-order valence-electron chi connectivity index (χ0n) is 13.6. The summed E-state index contributed by atoms with van der Waals surface area (Å²) in [6.07, 6.45) is 3.31. The Labute approximate surface area is 154 Å². The van der Waals surface area contributed by atoms with Gasteiger partial charge in [-0.2, -0.15) is 0 Å². The van der Waals surface area contributed by atoms with Crippen LogP contribution in [0.3, 0.4) is 0 Å². The molecule has 0 spiro atoms. The molecular weight excluding hydrogens is 362 g/mol. The van der Waals surface area contributed by atoms with Crippen LogP contribution in [0, 0.1) is 0 Å². The Morgan fingerprint density at radius 1 is 1.32 bits per heavy atom. The molecule has 1 aliphatic heterocycles. The summed E-state index contributed by atoms with van der Waals surface area (Å²) in [5.41, 5.74) is 0.843. The van der Waals surface area contributed by atoms with Gasteiger partial charge in [0.2, 0.25) is 0 Å². The third kappa shape index (κ3) is 5.14. The summed E-state index contributed by atoms with van der Waals surface area (Å²) in [6, 6.07) is 6.13. The predicted molar refractivity (Wildman–Crippen MR) is 99.1 cm³/mol. The lowest BCUT2D eigenvalue weighted by Crippen LogP contribution is -2.34. The minimum absolute atomic E-state index is 0.166. The van der Waals surface area contributed by atoms with Crippen LogP contribution >= 0.6 is 24.0 Å². The van der Waals surface area contributed by atoms with Crippen LogP contribution in [0.25, 0.3) is 6.08 Å². The van der Waals surface area contributed by atoms with Crippen LogP contribution in [0.4, 0.5) is 0 Å². The maximum Gasteiger partial charge on any atom is 0.335 e. The molecule has 1 aliphatic rings. The van der Waals surface area contributed by atoms with Crippen molar-refractivity contribution in [1.82, 2.24) is 4.90 Å². The van der Waals surface area contributed by atoms with Gasteiger partial charge >= 0.3 is 11.9 Å². The van der Waals surface area contributed by atoms with E-state index in [-0.39, 0.29) is 18.0 Å². The molecule has 0 bridgehead atoms. The van der Waals surface area contributed by atoms with Gasteiger partial charge in [-0.05, 0) is 30.2 Å². The van der Waals surface area contributed by atoms with Crippen molar-refractivity contribution in [3.05, 3.63) is 40.3 Å². The number of hydrogen-bond acceptors (Lipinski definition) is 6. The number of amides is 1. The Hall–Kier alpha value is -2.19. The highest BCUT2D eigenvalue weighted by Gasteiger charge is 2.33. The van der Waals surface area contributed by atoms with Crippen molar-refractivity contribution >= 4 is 52.2 Å². The normalized spacial score (nSPS) is 15.7. The van der Waals surface area contributed by atoms with Crippen LogP contribution in [0.15, 0.2) is 29.2 Å². The van der Waals surface area contributed by atoms with Crippen molar-refractivity contribution in [2.24, 2.45) is 0 Å². The summed E-state index contributed by atoms with van der Waals surface area (Å²) in [5, 5.41) is 8.89. The fourth-order valence-corrected chi connectivity index (χ4v) is 3.27. The highest BCUT2D eigenvalue weighted by molar-refractivity contribution is 8.26. The summed E-state index contributed by atoms with van der Waals surface area (Å²) in [6.45, 7) is 2.11. The number of esters is 1. The number of aromatic carboxylic acids is 1. The van der Waals surface area contributed by atoms with Crippen LogP contribution in [0.2, 0.25) is 0 Å². The van der Waals surface area contributed by atoms with Crippen molar-refractivity contribution < 1.29 is 24.2 Å². The molecule has 132 valence electrons. The molecule has 6 nitrogen and oxygen atoms in total. The number of carbonyl (C=O) groups excluding carboxylic acids is 2. The number of hydrogen-bond donors (Lipinski definition) is 1. The van der Waals surface area contributed by atoms with Crippen LogP contribution in [0.1, 0.15) is 35.7 Å². The van der Waals surface area contributed by atoms with Crippen LogP contribution in [0.5, 0.6) is 0 Å². The fourth-order valence-electron chi connectivity index (χ4n) is 2.01. The molecule has 25 heavy (non-hydrogen) atoms. The van der Waals surface area contributed by atoms with Crippen LogP contribution in [-0.4, -0.2) is 45.3 Å². The number of carboxylic acid groups (broad SMARTS) is 1. The van der Waals surface area contributed by atoms with Gasteiger partial charge in [0.25, 0.3) is 5.91 Å². The second-order valence-corrected chi connectivity index (χ2v) is 6.94. The number of benzene rings is 1. The number of unbranched alkanes of at least 4 members (excludes halogenated alkanes) is 1. The average Bonchev–Trinajstić information content (AvgIpc) is 2.83. The monoisotopic (exact) mass is 379 g/mol. The third-order valence-electron chi connectivity index (χ3n) is 3.38. The first-order valence-electron chi connectivity index (χ1n) is 7.66. The van der Waals surface area contributed by atoms with E-state index < -0.39 is 11.9 Å². The van der Waals surface area contributed by atoms with E-state index >= 15 is 0 Å². The molecule has 0 radical (unpaired) electrons. The Bertz CT molecular complexity index is 727. The molecule has 0 aromatic heterocycles. The topological polar surface area (TPSA) is 83.9 Å². The molecule has 1 amide bonds. The lowest BCUT2D eigenvalue weighted by atomic mass is 10.1. The Kier molecular flexibility index (Phi) is 6.72. The van der Waals surface area contributed by atoms with Gasteiger partial charge in [-0.1, -0.05) is 49.5 Å². The van der Waals surface area contributed by atoms with E-state index in [1.54, 1.807) is 18.2 Å². The van der Waals surface area contributed by atoms with E-state index in [1.165, 1.54) is 17.0 Å². The molecule has 0 unspecified atom stereocenters. The molecule has 1 heterocycles. The zero-order valence-corrected chi connectivity index (χ0v) is 15.2. The Morgan fingerprint density at radius 2 is 2.00 bits per heavy atom. The Balaban J connectivity index is 2.04. The lowest BCUT2D eigenvalue weighted by molar-refractivity contribution is -0.146. The first-order chi connectivity index (χ1) is 11.9. The number of thiocarbonyl (C=S) groups is 1. The summed E-state index contributed by atoms with van der Waals surface area (Å²) in [4.78, 5) is 36.6. The number of ether oxygens (including phenoxy) is 1. The second-order valence-electron chi connectivity index (χ2n) is 5.27. The largest absolute Gasteiger partial charge is 0.478 e. The standard InChI is InChI=1S/C17H17NO5S2/c1-2-3-8-23-14(19)10-18-15(20)13(25-17(18)24)9-11-4-6-12(7-5-11)16(21)22/h4-7,9H,2-3,8,10H2,1H3,(H,21,22)/b13-9-. The molecule has 1 fully saturated rings. The third-order valence-corrected chi connectivity index (χ3v) is 4.75. The molecule has 0 aliphatic carbocycles. The maximum absolute atomic E-state index is 12.4. The van der Waals surface area contributed by atoms with E-state index in [0.717, 1.165) is 24.6 Å². The van der Waals surface area contributed by atoms with E-state index in [9.17, 15) is 14.4 Å². The molecule has 1 N–H and O–H groups in total. The first-order valence-corrected chi connectivity index (χ1v) is 8.89. The summed E-state index contributed by atoms with van der Waals surface area (Å²) < 4.78 is 5.35. The van der Waals surface area contributed by atoms with Gasteiger partial charge < -0.3 is 9.84 Å². The minimum Gasteiger partial charge on any atom is -0.478 e. The number of carbonyl (C=O) groups is 3. The van der Waals surface area contributed by atoms with Crippen molar-refractivity contribution in [2.75, 3.05) is 13.2 Å². The summed E-state index contributed by atoms with van der Waals surface area (Å²) in [7, 11) is 0. The highest BCUT2D eigenvalue weighted by atomic mass is 32.2. The van der Waals surface area contributed by atoms with Gasteiger partial charge in [-0.15, -0.1) is 0 Å². The minimum atomic E-state index is -1.01. The number of nitrogens with zero attached hydrogens (tertiary/aromatic N) is 1. The number of rotatable bonds is 7. The molecule has 8 heteroatoms. The quantitative estimate of drug-likeness (QED) is 0.337. The molecule has 0 atom stereocenters. The predicted octanol–water partition coefficient (Wildman–Crippen LogP) is 2.93. The Morgan fingerprint density at radius 3 is 2.60 bits per heavy atom. The average molecular weight is 379 g/mol. The van der Waals surface area contributed by atoms with Gasteiger partial charge in [0, 0.05) is 0 Å². The number of thioether (sulfide) groups is 1. The fraction of sp³-hybridized carbons (Fsp3) is 0.294. The smallest absolute Gasteiger partial charge is 0.335 e. The molecule has 1 saturated heterocycles. The van der Waals surface area contributed by atoms with E-state index in [0.29, 0.717) is 21.4 Å². The van der Waals surface area contributed by atoms with E-state index in [4.69, 9.17) is 22.1 Å². The lowest BCUT2D eigenvalue weighted by Gasteiger charge is -2.13. The van der Waals surface area contributed by atoms with Gasteiger partial charge in [-0.25, -0.2) is 4.79 Å². The molecule has 1 aromatic carbocycles. The summed E-state index contributed by atoms with van der Waals surface area (Å²) in [5.74, 6) is -1.86. The van der Waals surface area contributed by atoms with Crippen molar-refractivity contribution in [3.63, 3.8) is 0 Å². The van der Waals surface area contributed by atoms with Crippen molar-refractivity contribution in [2.45, 2.75) is 19.8 Å². The van der Waals surface area contributed by atoms with E-state index in [1.807, 2.05) is 6.92 Å². The molecule has 1 aromatic rings. The number of carboxylic acids is 1. The van der Waals surface area contributed by atoms with Crippen LogP contribution < -0.4 is 0 Å². The molecule has 0 saturated carbocycles. The maximum atomic E-state index is 12.4. The summed E-state index contributed by atoms with van der Waals surface area (Å²) >= 11 is 6.26. The van der Waals surface area contributed by atoms with Crippen LogP contribution in [-0.2, 0) is 14.3 Å². The van der Waals surface area contributed by atoms with Gasteiger partial charge in [0.05, 0.1) is 17.1 Å². The van der Waals surface area contributed by atoms with Crippen molar-refractivity contribution in [3.8, 4) is 0 Å². The van der Waals surface area contributed by atoms with Gasteiger partial charge in [-0.3, -0.25) is 14.5 Å². The molecule has 2 rings (SSSR count). The highest BCUT2D eigenvalue weighted by Crippen LogP contribution is 2.32. The molecular formula is C17H17NO5S2. The first kappa shape index (κ1) is 19.1.